The highest BCUT2D eigenvalue weighted by atomic mass is 35.5. The molecule has 0 spiro atoms. The fourth-order valence-electron chi connectivity index (χ4n) is 1.41. The van der Waals surface area contributed by atoms with Crippen LogP contribution in [0.25, 0.3) is 6.08 Å². The predicted octanol–water partition coefficient (Wildman–Crippen LogP) is 3.38. The molecular weight excluding hydrogens is 301 g/mol. The van der Waals surface area contributed by atoms with Crippen LogP contribution in [0.3, 0.4) is 0 Å². The number of aliphatic carboxylic acids is 1. The van der Waals surface area contributed by atoms with Crippen molar-refractivity contribution in [1.29, 1.82) is 0 Å². The van der Waals surface area contributed by atoms with E-state index in [0.717, 1.165) is 0 Å². The molecule has 1 aromatic carbocycles. The smallest absolute Gasteiger partial charge is 0.329 e. The molecule has 4 nitrogen and oxygen atoms in total. The lowest BCUT2D eigenvalue weighted by molar-refractivity contribution is -0.146. The molecule has 6 heteroatoms. The molecule has 0 heterocycles. The summed E-state index contributed by atoms with van der Waals surface area (Å²) in [5, 5.41) is 12.4. The maximum absolute atomic E-state index is 11.7. The number of hydrogen-bond donors (Lipinski definition) is 2. The van der Waals surface area contributed by atoms with Gasteiger partial charge in [-0.05, 0) is 37.1 Å². The number of hydrogen-bond acceptors (Lipinski definition) is 2. The first-order valence-corrected chi connectivity index (χ1v) is 6.73. The van der Waals surface area contributed by atoms with Gasteiger partial charge in [-0.25, -0.2) is 4.79 Å². The molecule has 0 radical (unpaired) electrons. The molecule has 0 saturated heterocycles. The second kappa shape index (κ2) is 6.77. The first-order chi connectivity index (χ1) is 9.28. The molecule has 1 aromatic rings. The summed E-state index contributed by atoms with van der Waals surface area (Å²) in [6, 6.07) is 4.89. The van der Waals surface area contributed by atoms with Gasteiger partial charge in [-0.15, -0.1) is 0 Å². The summed E-state index contributed by atoms with van der Waals surface area (Å²) in [6.07, 6.45) is 3.03. The zero-order valence-corrected chi connectivity index (χ0v) is 12.6. The number of carbonyl (C=O) groups excluding carboxylic acids is 1. The van der Waals surface area contributed by atoms with Gasteiger partial charge in [0.15, 0.2) is 0 Å². The van der Waals surface area contributed by atoms with Crippen LogP contribution in [0, 0.1) is 0 Å². The summed E-state index contributed by atoms with van der Waals surface area (Å²) in [5.41, 5.74) is -0.662. The molecule has 1 atom stereocenters. The predicted molar refractivity (Wildman–Crippen MR) is 80.0 cm³/mol. The van der Waals surface area contributed by atoms with Crippen molar-refractivity contribution >= 4 is 41.2 Å². The molecule has 108 valence electrons. The Hall–Kier alpha value is -1.52. The van der Waals surface area contributed by atoms with Gasteiger partial charge in [0.05, 0.1) is 0 Å². The van der Waals surface area contributed by atoms with Crippen LogP contribution in [0.15, 0.2) is 24.3 Å². The van der Waals surface area contributed by atoms with Crippen molar-refractivity contribution in [2.45, 2.75) is 25.8 Å². The Morgan fingerprint density at radius 2 is 2.05 bits per heavy atom. The average Bonchev–Trinajstić information content (AvgIpc) is 2.37. The summed E-state index contributed by atoms with van der Waals surface area (Å²) >= 11 is 11.7. The summed E-state index contributed by atoms with van der Waals surface area (Å²) in [4.78, 5) is 22.8. The third-order valence-corrected chi connectivity index (χ3v) is 3.52. The number of rotatable bonds is 5. The maximum atomic E-state index is 11.7. The van der Waals surface area contributed by atoms with Crippen LogP contribution in [0.1, 0.15) is 25.8 Å². The van der Waals surface area contributed by atoms with E-state index in [-0.39, 0.29) is 6.42 Å². The van der Waals surface area contributed by atoms with Gasteiger partial charge in [0, 0.05) is 16.1 Å². The SMILES string of the molecule is CCC(C)(NC(=O)C=Cc1ccc(Cl)cc1Cl)C(=O)O. The molecule has 0 aliphatic carbocycles. The van der Waals surface area contributed by atoms with E-state index in [1.807, 2.05) is 0 Å². The van der Waals surface area contributed by atoms with Crippen molar-refractivity contribution in [2.24, 2.45) is 0 Å². The number of carbonyl (C=O) groups is 2. The Labute approximate surface area is 127 Å². The molecule has 0 aliphatic heterocycles. The number of benzene rings is 1. The highest BCUT2D eigenvalue weighted by Crippen LogP contribution is 2.22. The van der Waals surface area contributed by atoms with Crippen molar-refractivity contribution in [3.8, 4) is 0 Å². The highest BCUT2D eigenvalue weighted by molar-refractivity contribution is 6.35. The fraction of sp³-hybridized carbons (Fsp3) is 0.286. The van der Waals surface area contributed by atoms with E-state index in [1.54, 1.807) is 25.1 Å². The maximum Gasteiger partial charge on any atom is 0.329 e. The van der Waals surface area contributed by atoms with Gasteiger partial charge in [0.25, 0.3) is 0 Å². The number of nitrogens with one attached hydrogen (secondary N) is 1. The molecule has 0 bridgehead atoms. The standard InChI is InChI=1S/C14H15Cl2NO3/c1-3-14(2,13(19)20)17-12(18)7-5-9-4-6-10(15)8-11(9)16/h4-8H,3H2,1-2H3,(H,17,18)(H,19,20). The van der Waals surface area contributed by atoms with E-state index in [4.69, 9.17) is 28.3 Å². The second-order valence-corrected chi connectivity index (χ2v) is 5.32. The molecule has 0 fully saturated rings. The lowest BCUT2D eigenvalue weighted by Gasteiger charge is -2.23. The van der Waals surface area contributed by atoms with E-state index in [0.29, 0.717) is 15.6 Å². The van der Waals surface area contributed by atoms with Crippen LogP contribution in [0.4, 0.5) is 0 Å². The number of halogens is 2. The Bertz CT molecular complexity index is 557. The molecule has 1 rings (SSSR count). The summed E-state index contributed by atoms with van der Waals surface area (Å²) in [5.74, 6) is -1.57. The normalized spacial score (nSPS) is 14.0. The third-order valence-electron chi connectivity index (χ3n) is 2.95. The average molecular weight is 316 g/mol. The Morgan fingerprint density at radius 1 is 1.40 bits per heavy atom. The molecular formula is C14H15Cl2NO3. The van der Waals surface area contributed by atoms with Crippen LogP contribution in [-0.4, -0.2) is 22.5 Å². The molecule has 1 unspecified atom stereocenters. The minimum absolute atomic E-state index is 0.281. The van der Waals surface area contributed by atoms with E-state index in [9.17, 15) is 9.59 Å². The highest BCUT2D eigenvalue weighted by Gasteiger charge is 2.31. The van der Waals surface area contributed by atoms with E-state index in [2.05, 4.69) is 5.32 Å². The van der Waals surface area contributed by atoms with Crippen LogP contribution < -0.4 is 5.32 Å². The van der Waals surface area contributed by atoms with Gasteiger partial charge in [0.2, 0.25) is 5.91 Å². The lowest BCUT2D eigenvalue weighted by Crippen LogP contribution is -2.51. The fourth-order valence-corrected chi connectivity index (χ4v) is 1.88. The van der Waals surface area contributed by atoms with Crippen molar-refractivity contribution < 1.29 is 14.7 Å². The van der Waals surface area contributed by atoms with Gasteiger partial charge in [-0.2, -0.15) is 0 Å². The Morgan fingerprint density at radius 3 is 2.55 bits per heavy atom. The molecule has 0 aliphatic rings. The topological polar surface area (TPSA) is 66.4 Å². The Kier molecular flexibility index (Phi) is 5.60. The number of carboxylic acid groups (broad SMARTS) is 1. The molecule has 1 amide bonds. The number of amides is 1. The van der Waals surface area contributed by atoms with Gasteiger partial charge in [0.1, 0.15) is 5.54 Å². The first-order valence-electron chi connectivity index (χ1n) is 5.97. The Balaban J connectivity index is 2.80. The summed E-state index contributed by atoms with van der Waals surface area (Å²) in [6.45, 7) is 3.14. The van der Waals surface area contributed by atoms with Crippen molar-refractivity contribution in [1.82, 2.24) is 5.32 Å². The van der Waals surface area contributed by atoms with Gasteiger partial charge < -0.3 is 10.4 Å². The molecule has 2 N–H and O–H groups in total. The molecule has 0 aromatic heterocycles. The monoisotopic (exact) mass is 315 g/mol. The van der Waals surface area contributed by atoms with Crippen molar-refractivity contribution in [3.05, 3.63) is 39.9 Å². The lowest BCUT2D eigenvalue weighted by atomic mass is 9.99. The molecule has 20 heavy (non-hydrogen) atoms. The van der Waals surface area contributed by atoms with Crippen LogP contribution >= 0.6 is 23.2 Å². The minimum Gasteiger partial charge on any atom is -0.480 e. The van der Waals surface area contributed by atoms with Crippen molar-refractivity contribution in [2.75, 3.05) is 0 Å². The van der Waals surface area contributed by atoms with Crippen LogP contribution in [0.2, 0.25) is 10.0 Å². The quantitative estimate of drug-likeness (QED) is 0.819. The summed E-state index contributed by atoms with van der Waals surface area (Å²) < 4.78 is 0. The second-order valence-electron chi connectivity index (χ2n) is 4.48. The number of carboxylic acids is 1. The van der Waals surface area contributed by atoms with Gasteiger partial charge in [-0.1, -0.05) is 36.2 Å². The van der Waals surface area contributed by atoms with E-state index >= 15 is 0 Å². The summed E-state index contributed by atoms with van der Waals surface area (Å²) in [7, 11) is 0. The largest absolute Gasteiger partial charge is 0.480 e. The van der Waals surface area contributed by atoms with Gasteiger partial charge in [-0.3, -0.25) is 4.79 Å². The van der Waals surface area contributed by atoms with Crippen LogP contribution in [-0.2, 0) is 9.59 Å². The minimum atomic E-state index is -1.29. The van der Waals surface area contributed by atoms with Crippen molar-refractivity contribution in [3.63, 3.8) is 0 Å². The zero-order valence-electron chi connectivity index (χ0n) is 11.1. The first kappa shape index (κ1) is 16.5. The van der Waals surface area contributed by atoms with E-state index in [1.165, 1.54) is 19.1 Å². The third kappa shape index (κ3) is 4.25. The zero-order chi connectivity index (χ0) is 15.3. The van der Waals surface area contributed by atoms with Crippen LogP contribution in [0.5, 0.6) is 0 Å². The van der Waals surface area contributed by atoms with Gasteiger partial charge >= 0.3 is 5.97 Å². The molecule has 0 saturated carbocycles. The van der Waals surface area contributed by atoms with E-state index < -0.39 is 17.4 Å².